The van der Waals surface area contributed by atoms with Crippen molar-refractivity contribution in [3.05, 3.63) is 56.5 Å². The second kappa shape index (κ2) is 8.08. The Kier molecular flexibility index (Phi) is 5.48. The SMILES string of the molecule is C=C1CCC(N2Cc3c(csc3CNC(=O)Nc3ccc(C)c(Cl)n3)C2=O)C(=O)N1. The molecular weight excluding hydrogens is 426 g/mol. The molecule has 4 heterocycles. The highest BCUT2D eigenvalue weighted by Crippen LogP contribution is 2.34. The molecule has 1 saturated heterocycles. The van der Waals surface area contributed by atoms with Crippen LogP contribution in [0.5, 0.6) is 0 Å². The summed E-state index contributed by atoms with van der Waals surface area (Å²) < 4.78 is 0. The molecule has 30 heavy (non-hydrogen) atoms. The van der Waals surface area contributed by atoms with Gasteiger partial charge in [0.05, 0.1) is 12.1 Å². The Hall–Kier alpha value is -2.91. The number of hydrogen-bond acceptors (Lipinski definition) is 5. The Morgan fingerprint density at radius 1 is 1.43 bits per heavy atom. The molecule has 1 unspecified atom stereocenters. The number of allylic oxidation sites excluding steroid dienone is 1. The summed E-state index contributed by atoms with van der Waals surface area (Å²) in [7, 11) is 0. The van der Waals surface area contributed by atoms with E-state index < -0.39 is 12.1 Å². The number of urea groups is 1. The summed E-state index contributed by atoms with van der Waals surface area (Å²) in [4.78, 5) is 43.9. The van der Waals surface area contributed by atoms with E-state index in [0.29, 0.717) is 41.6 Å². The third kappa shape index (κ3) is 3.90. The lowest BCUT2D eigenvalue weighted by Crippen LogP contribution is -2.49. The maximum Gasteiger partial charge on any atom is 0.320 e. The fraction of sp³-hybridized carbons (Fsp3) is 0.300. The molecule has 0 aromatic carbocycles. The molecule has 2 aliphatic rings. The zero-order valence-electron chi connectivity index (χ0n) is 16.3. The Balaban J connectivity index is 1.39. The number of carbonyl (C=O) groups is 3. The summed E-state index contributed by atoms with van der Waals surface area (Å²) in [6.07, 6.45) is 1.21. The van der Waals surface area contributed by atoms with Crippen LogP contribution < -0.4 is 16.0 Å². The molecule has 2 aromatic rings. The van der Waals surface area contributed by atoms with Crippen LogP contribution in [0.3, 0.4) is 0 Å². The van der Waals surface area contributed by atoms with E-state index in [1.165, 1.54) is 11.3 Å². The van der Waals surface area contributed by atoms with E-state index in [1.807, 2.05) is 6.92 Å². The van der Waals surface area contributed by atoms with E-state index in [2.05, 4.69) is 27.5 Å². The number of nitrogens with zero attached hydrogens (tertiary/aromatic N) is 2. The summed E-state index contributed by atoms with van der Waals surface area (Å²) in [5, 5.41) is 10.3. The topological polar surface area (TPSA) is 103 Å². The van der Waals surface area contributed by atoms with Crippen molar-refractivity contribution in [3.63, 3.8) is 0 Å². The Bertz CT molecular complexity index is 1070. The number of piperidine rings is 1. The molecule has 3 N–H and O–H groups in total. The summed E-state index contributed by atoms with van der Waals surface area (Å²) in [6, 6.07) is 2.52. The quantitative estimate of drug-likeness (QED) is 0.629. The van der Waals surface area contributed by atoms with Crippen LogP contribution in [0.4, 0.5) is 10.6 Å². The minimum atomic E-state index is -0.498. The Morgan fingerprint density at radius 3 is 2.97 bits per heavy atom. The number of anilines is 1. The average Bonchev–Trinajstić information content (AvgIpc) is 3.23. The highest BCUT2D eigenvalue weighted by Gasteiger charge is 2.39. The number of thiophene rings is 1. The number of rotatable bonds is 4. The molecule has 0 aliphatic carbocycles. The van der Waals surface area contributed by atoms with E-state index in [0.717, 1.165) is 16.0 Å². The van der Waals surface area contributed by atoms with Gasteiger partial charge in [-0.15, -0.1) is 11.3 Å². The number of pyridine rings is 1. The van der Waals surface area contributed by atoms with Crippen molar-refractivity contribution in [2.24, 2.45) is 0 Å². The molecule has 156 valence electrons. The lowest BCUT2D eigenvalue weighted by Gasteiger charge is -2.31. The molecule has 4 rings (SSSR count). The van der Waals surface area contributed by atoms with E-state index in [-0.39, 0.29) is 18.4 Å². The molecule has 0 saturated carbocycles. The predicted octanol–water partition coefficient (Wildman–Crippen LogP) is 3.17. The van der Waals surface area contributed by atoms with Crippen LogP contribution in [0, 0.1) is 6.92 Å². The zero-order valence-corrected chi connectivity index (χ0v) is 17.8. The van der Waals surface area contributed by atoms with Gasteiger partial charge in [-0.1, -0.05) is 24.2 Å². The summed E-state index contributed by atoms with van der Waals surface area (Å²) in [5.74, 6) is 0.00519. The van der Waals surface area contributed by atoms with Gasteiger partial charge in [0.1, 0.15) is 17.0 Å². The molecule has 1 atom stereocenters. The lowest BCUT2D eigenvalue weighted by atomic mass is 10.0. The lowest BCUT2D eigenvalue weighted by molar-refractivity contribution is -0.126. The first-order valence-electron chi connectivity index (χ1n) is 9.40. The minimum Gasteiger partial charge on any atom is -0.333 e. The van der Waals surface area contributed by atoms with Crippen molar-refractivity contribution in [2.45, 2.75) is 38.9 Å². The first kappa shape index (κ1) is 20.4. The van der Waals surface area contributed by atoms with Crippen molar-refractivity contribution in [3.8, 4) is 0 Å². The second-order valence-electron chi connectivity index (χ2n) is 7.24. The summed E-state index contributed by atoms with van der Waals surface area (Å²) >= 11 is 7.40. The van der Waals surface area contributed by atoms with E-state index in [1.54, 1.807) is 22.4 Å². The van der Waals surface area contributed by atoms with Crippen molar-refractivity contribution >= 4 is 46.6 Å². The number of fused-ring (bicyclic) bond motifs is 1. The highest BCUT2D eigenvalue weighted by atomic mass is 35.5. The van der Waals surface area contributed by atoms with Gasteiger partial charge in [0.2, 0.25) is 5.91 Å². The highest BCUT2D eigenvalue weighted by molar-refractivity contribution is 7.10. The molecule has 0 spiro atoms. The van der Waals surface area contributed by atoms with Crippen molar-refractivity contribution in [1.82, 2.24) is 20.5 Å². The van der Waals surface area contributed by atoms with E-state index in [9.17, 15) is 14.4 Å². The molecule has 2 aliphatic heterocycles. The van der Waals surface area contributed by atoms with Crippen molar-refractivity contribution < 1.29 is 14.4 Å². The number of amides is 4. The molecule has 0 bridgehead atoms. The largest absolute Gasteiger partial charge is 0.333 e. The third-order valence-corrected chi connectivity index (χ3v) is 6.60. The maximum atomic E-state index is 12.8. The van der Waals surface area contributed by atoms with Crippen LogP contribution in [-0.2, 0) is 17.9 Å². The maximum absolute atomic E-state index is 12.8. The van der Waals surface area contributed by atoms with E-state index in [4.69, 9.17) is 11.6 Å². The summed E-state index contributed by atoms with van der Waals surface area (Å²) in [6.45, 7) is 6.23. The zero-order chi connectivity index (χ0) is 21.4. The first-order chi connectivity index (χ1) is 14.3. The normalized spacial score (nSPS) is 18.3. The van der Waals surface area contributed by atoms with Crippen molar-refractivity contribution in [1.29, 1.82) is 0 Å². The van der Waals surface area contributed by atoms with Crippen LogP contribution in [0.15, 0.2) is 29.8 Å². The van der Waals surface area contributed by atoms with Gasteiger partial charge in [-0.05, 0) is 37.0 Å². The Morgan fingerprint density at radius 2 is 2.23 bits per heavy atom. The number of carbonyl (C=O) groups excluding carboxylic acids is 3. The third-order valence-electron chi connectivity index (χ3n) is 5.19. The summed E-state index contributed by atoms with van der Waals surface area (Å²) in [5.41, 5.74) is 2.96. The molecule has 1 fully saturated rings. The van der Waals surface area contributed by atoms with Gasteiger partial charge >= 0.3 is 6.03 Å². The standard InChI is InChI=1S/C20H20ClN5O3S/c1-10-3-6-16(24-17(10)21)25-20(29)22-7-15-12-8-26(19(28)13(12)9-30-15)14-5-4-11(2)23-18(14)27/h3,6,9,14H,2,4-5,7-8H2,1H3,(H,23,27)(H2,22,24,25,29). The fourth-order valence-corrected chi connectivity index (χ4v) is 4.66. The number of nitrogens with one attached hydrogen (secondary N) is 3. The molecular formula is C20H20ClN5O3S. The average molecular weight is 446 g/mol. The Labute approximate surface area is 182 Å². The minimum absolute atomic E-state index is 0.150. The fourth-order valence-electron chi connectivity index (χ4n) is 3.53. The smallest absolute Gasteiger partial charge is 0.320 e. The molecule has 4 amide bonds. The second-order valence-corrected chi connectivity index (χ2v) is 8.57. The van der Waals surface area contributed by atoms with Gasteiger partial charge in [-0.2, -0.15) is 0 Å². The number of halogens is 1. The van der Waals surface area contributed by atoms with Crippen LogP contribution in [0.2, 0.25) is 5.15 Å². The van der Waals surface area contributed by atoms with Gasteiger partial charge in [0.25, 0.3) is 5.91 Å². The molecule has 10 heteroatoms. The van der Waals surface area contributed by atoms with Gasteiger partial charge in [0.15, 0.2) is 0 Å². The number of aryl methyl sites for hydroxylation is 1. The number of hydrogen-bond donors (Lipinski definition) is 3. The van der Waals surface area contributed by atoms with Crippen LogP contribution >= 0.6 is 22.9 Å². The van der Waals surface area contributed by atoms with Gasteiger partial charge in [-0.25, -0.2) is 9.78 Å². The molecule has 2 aromatic heterocycles. The van der Waals surface area contributed by atoms with Crippen LogP contribution in [-0.4, -0.2) is 33.8 Å². The van der Waals surface area contributed by atoms with Crippen LogP contribution in [0.25, 0.3) is 0 Å². The first-order valence-corrected chi connectivity index (χ1v) is 10.7. The van der Waals surface area contributed by atoms with E-state index >= 15 is 0 Å². The van der Waals surface area contributed by atoms with Crippen LogP contribution in [0.1, 0.15) is 39.2 Å². The predicted molar refractivity (Wildman–Crippen MR) is 114 cm³/mol. The van der Waals surface area contributed by atoms with Gasteiger partial charge in [-0.3, -0.25) is 14.9 Å². The van der Waals surface area contributed by atoms with Gasteiger partial charge in [0, 0.05) is 22.5 Å². The monoisotopic (exact) mass is 445 g/mol. The molecule has 8 nitrogen and oxygen atoms in total. The van der Waals surface area contributed by atoms with Crippen molar-refractivity contribution in [2.75, 3.05) is 5.32 Å². The van der Waals surface area contributed by atoms with Gasteiger partial charge < -0.3 is 15.5 Å². The molecule has 0 radical (unpaired) electrons. The number of aromatic nitrogens is 1.